The van der Waals surface area contributed by atoms with Crippen LogP contribution in [0.5, 0.6) is 0 Å². The minimum absolute atomic E-state index is 0.349. The summed E-state index contributed by atoms with van der Waals surface area (Å²) < 4.78 is 5.24. The minimum Gasteiger partial charge on any atom is -0.444 e. The third-order valence-corrected chi connectivity index (χ3v) is 2.93. The number of nitrogens with zero attached hydrogens (tertiary/aromatic N) is 2. The first-order valence-electron chi connectivity index (χ1n) is 4.91. The van der Waals surface area contributed by atoms with Gasteiger partial charge >= 0.3 is 6.09 Å². The van der Waals surface area contributed by atoms with Crippen molar-refractivity contribution in [1.82, 2.24) is 4.90 Å². The van der Waals surface area contributed by atoms with Crippen molar-refractivity contribution in [3.63, 3.8) is 0 Å². The molecule has 0 saturated carbocycles. The fraction of sp³-hybridized carbons (Fsp3) is 0.800. The van der Waals surface area contributed by atoms with E-state index in [1.54, 1.807) is 11.8 Å². The molecule has 1 rings (SSSR count). The SMILES string of the molecule is CC(C)(C)OC(=O)N1CCSC[C@@H]1C#N. The van der Waals surface area contributed by atoms with Crippen molar-refractivity contribution in [2.45, 2.75) is 32.4 Å². The van der Waals surface area contributed by atoms with Crippen LogP contribution in [0.25, 0.3) is 0 Å². The van der Waals surface area contributed by atoms with Crippen LogP contribution in [0.3, 0.4) is 0 Å². The molecule has 0 N–H and O–H groups in total. The first-order chi connectivity index (χ1) is 6.94. The van der Waals surface area contributed by atoms with E-state index in [1.165, 1.54) is 4.90 Å². The summed E-state index contributed by atoms with van der Waals surface area (Å²) in [5, 5.41) is 8.90. The number of ether oxygens (including phenoxy) is 1. The Labute approximate surface area is 94.6 Å². The number of hydrogen-bond acceptors (Lipinski definition) is 4. The molecule has 0 radical (unpaired) electrons. The highest BCUT2D eigenvalue weighted by Crippen LogP contribution is 2.19. The highest BCUT2D eigenvalue weighted by atomic mass is 32.2. The Hall–Kier alpha value is -0.890. The van der Waals surface area contributed by atoms with E-state index in [4.69, 9.17) is 10.00 Å². The first kappa shape index (κ1) is 12.2. The van der Waals surface area contributed by atoms with E-state index in [9.17, 15) is 4.79 Å². The molecule has 0 spiro atoms. The van der Waals surface area contributed by atoms with Crippen LogP contribution < -0.4 is 0 Å². The van der Waals surface area contributed by atoms with Gasteiger partial charge in [0.15, 0.2) is 0 Å². The average molecular weight is 228 g/mol. The van der Waals surface area contributed by atoms with Crippen molar-refractivity contribution in [3.05, 3.63) is 0 Å². The van der Waals surface area contributed by atoms with Gasteiger partial charge in [-0.2, -0.15) is 17.0 Å². The maximum Gasteiger partial charge on any atom is 0.411 e. The van der Waals surface area contributed by atoms with E-state index in [2.05, 4.69) is 6.07 Å². The van der Waals surface area contributed by atoms with Crippen molar-refractivity contribution >= 4 is 17.9 Å². The standard InChI is InChI=1S/C10H16N2O2S/c1-10(2,3)14-9(13)12-4-5-15-7-8(12)6-11/h8H,4-5,7H2,1-3H3/t8-/m0/s1. The largest absolute Gasteiger partial charge is 0.444 e. The van der Waals surface area contributed by atoms with Crippen LogP contribution >= 0.6 is 11.8 Å². The molecular weight excluding hydrogens is 212 g/mol. The van der Waals surface area contributed by atoms with Crippen LogP contribution in [0, 0.1) is 11.3 Å². The lowest BCUT2D eigenvalue weighted by Crippen LogP contribution is -2.47. The Morgan fingerprint density at radius 3 is 2.80 bits per heavy atom. The van der Waals surface area contributed by atoms with E-state index in [-0.39, 0.29) is 12.1 Å². The van der Waals surface area contributed by atoms with Crippen LogP contribution in [0.4, 0.5) is 4.79 Å². The van der Waals surface area contributed by atoms with Crippen LogP contribution in [0.15, 0.2) is 0 Å². The molecule has 1 atom stereocenters. The predicted octanol–water partition coefficient (Wildman–Crippen LogP) is 1.86. The summed E-state index contributed by atoms with van der Waals surface area (Å²) in [5.74, 6) is 1.55. The van der Waals surface area contributed by atoms with Crippen molar-refractivity contribution in [1.29, 1.82) is 5.26 Å². The molecule has 0 bridgehead atoms. The van der Waals surface area contributed by atoms with Crippen molar-refractivity contribution in [3.8, 4) is 6.07 Å². The Morgan fingerprint density at radius 2 is 2.27 bits per heavy atom. The number of carbonyl (C=O) groups excluding carboxylic acids is 1. The summed E-state index contributed by atoms with van der Waals surface area (Å²) in [4.78, 5) is 13.2. The Bertz CT molecular complexity index is 280. The third-order valence-electron chi connectivity index (χ3n) is 1.91. The molecule has 0 aromatic carbocycles. The summed E-state index contributed by atoms with van der Waals surface area (Å²) in [6, 6.07) is 1.78. The van der Waals surface area contributed by atoms with Gasteiger partial charge in [0.25, 0.3) is 0 Å². The number of thioether (sulfide) groups is 1. The summed E-state index contributed by atoms with van der Waals surface area (Å²) in [6.07, 6.45) is -0.380. The number of rotatable bonds is 0. The number of carbonyl (C=O) groups is 1. The highest BCUT2D eigenvalue weighted by Gasteiger charge is 2.30. The van der Waals surface area contributed by atoms with Gasteiger partial charge in [-0.1, -0.05) is 0 Å². The highest BCUT2D eigenvalue weighted by molar-refractivity contribution is 7.99. The van der Waals surface area contributed by atoms with Gasteiger partial charge in [-0.05, 0) is 20.8 Å². The topological polar surface area (TPSA) is 53.3 Å². The molecule has 0 aliphatic carbocycles. The normalized spacial score (nSPS) is 22.0. The first-order valence-corrected chi connectivity index (χ1v) is 6.06. The maximum absolute atomic E-state index is 11.7. The molecular formula is C10H16N2O2S. The molecule has 5 heteroatoms. The van der Waals surface area contributed by atoms with Crippen LogP contribution in [0.2, 0.25) is 0 Å². The average Bonchev–Trinajstić information content (AvgIpc) is 2.15. The van der Waals surface area contributed by atoms with Gasteiger partial charge in [0, 0.05) is 18.1 Å². The fourth-order valence-electron chi connectivity index (χ4n) is 1.25. The van der Waals surface area contributed by atoms with Gasteiger partial charge in [-0.3, -0.25) is 4.90 Å². The van der Waals surface area contributed by atoms with Crippen LogP contribution in [0.1, 0.15) is 20.8 Å². The lowest BCUT2D eigenvalue weighted by atomic mass is 10.2. The summed E-state index contributed by atoms with van der Waals surface area (Å²) in [7, 11) is 0. The van der Waals surface area contributed by atoms with Gasteiger partial charge in [0.1, 0.15) is 11.6 Å². The van der Waals surface area contributed by atoms with Gasteiger partial charge in [-0.25, -0.2) is 4.79 Å². The predicted molar refractivity (Wildman–Crippen MR) is 59.7 cm³/mol. The van der Waals surface area contributed by atoms with E-state index in [0.29, 0.717) is 12.3 Å². The third kappa shape index (κ3) is 3.63. The zero-order valence-corrected chi connectivity index (χ0v) is 10.1. The minimum atomic E-state index is -0.498. The summed E-state index contributed by atoms with van der Waals surface area (Å²) in [6.45, 7) is 6.07. The Kier molecular flexibility index (Phi) is 3.86. The summed E-state index contributed by atoms with van der Waals surface area (Å²) in [5.41, 5.74) is -0.498. The molecule has 0 aromatic rings. The van der Waals surface area contributed by atoms with E-state index in [0.717, 1.165) is 5.75 Å². The Morgan fingerprint density at radius 1 is 1.60 bits per heavy atom. The van der Waals surface area contributed by atoms with Gasteiger partial charge in [-0.15, -0.1) is 0 Å². The molecule has 4 nitrogen and oxygen atoms in total. The van der Waals surface area contributed by atoms with Gasteiger partial charge in [0.2, 0.25) is 0 Å². The molecule has 1 amide bonds. The zero-order valence-electron chi connectivity index (χ0n) is 9.32. The van der Waals surface area contributed by atoms with Crippen molar-refractivity contribution in [2.24, 2.45) is 0 Å². The van der Waals surface area contributed by atoms with Gasteiger partial charge < -0.3 is 4.74 Å². The molecule has 84 valence electrons. The van der Waals surface area contributed by atoms with E-state index < -0.39 is 5.60 Å². The van der Waals surface area contributed by atoms with Crippen molar-refractivity contribution < 1.29 is 9.53 Å². The molecule has 0 unspecified atom stereocenters. The molecule has 1 fully saturated rings. The van der Waals surface area contributed by atoms with E-state index >= 15 is 0 Å². The van der Waals surface area contributed by atoms with Crippen LogP contribution in [-0.4, -0.2) is 40.7 Å². The Balaban J connectivity index is 2.61. The number of nitriles is 1. The summed E-state index contributed by atoms with van der Waals surface area (Å²) >= 11 is 1.69. The molecule has 1 aliphatic heterocycles. The monoisotopic (exact) mass is 228 g/mol. The quantitative estimate of drug-likeness (QED) is 0.635. The molecule has 0 aromatic heterocycles. The lowest BCUT2D eigenvalue weighted by molar-refractivity contribution is 0.0227. The number of hydrogen-bond donors (Lipinski definition) is 0. The zero-order chi connectivity index (χ0) is 11.5. The second-order valence-electron chi connectivity index (χ2n) is 4.39. The fourth-order valence-corrected chi connectivity index (χ4v) is 2.22. The lowest BCUT2D eigenvalue weighted by Gasteiger charge is -2.32. The second kappa shape index (κ2) is 4.75. The van der Waals surface area contributed by atoms with Gasteiger partial charge in [0.05, 0.1) is 6.07 Å². The van der Waals surface area contributed by atoms with Crippen LogP contribution in [-0.2, 0) is 4.74 Å². The van der Waals surface area contributed by atoms with E-state index in [1.807, 2.05) is 20.8 Å². The smallest absolute Gasteiger partial charge is 0.411 e. The van der Waals surface area contributed by atoms with Crippen molar-refractivity contribution in [2.75, 3.05) is 18.1 Å². The molecule has 1 aliphatic rings. The molecule has 1 heterocycles. The second-order valence-corrected chi connectivity index (χ2v) is 5.54. The number of amides is 1. The molecule has 15 heavy (non-hydrogen) atoms. The molecule has 1 saturated heterocycles. The maximum atomic E-state index is 11.7.